The standard InChI is InChI=1S/C21H34N2O3S/c1-17(2)8-7-9-18(3)22-21(24)16-19-10-12-20(13-11-19)27(25,26)23-14-5-4-6-15-23/h10-13,17-18H,4-9,14-16H2,1-3H3,(H,22,24). The molecule has 27 heavy (non-hydrogen) atoms. The highest BCUT2D eigenvalue weighted by atomic mass is 32.2. The lowest BCUT2D eigenvalue weighted by molar-refractivity contribution is -0.121. The first kappa shape index (κ1) is 21.9. The number of amides is 1. The van der Waals surface area contributed by atoms with Crippen molar-refractivity contribution >= 4 is 15.9 Å². The second kappa shape index (κ2) is 10.2. The number of rotatable bonds is 9. The molecule has 1 atom stereocenters. The number of hydrogen-bond donors (Lipinski definition) is 1. The van der Waals surface area contributed by atoms with Gasteiger partial charge in [0.2, 0.25) is 15.9 Å². The molecule has 1 N–H and O–H groups in total. The van der Waals surface area contributed by atoms with Crippen LogP contribution in [0.5, 0.6) is 0 Å². The van der Waals surface area contributed by atoms with Crippen LogP contribution in [0.15, 0.2) is 29.2 Å². The Kier molecular flexibility index (Phi) is 8.29. The van der Waals surface area contributed by atoms with Gasteiger partial charge < -0.3 is 5.32 Å². The highest BCUT2D eigenvalue weighted by Crippen LogP contribution is 2.21. The van der Waals surface area contributed by atoms with E-state index >= 15 is 0 Å². The van der Waals surface area contributed by atoms with Crippen molar-refractivity contribution in [1.29, 1.82) is 0 Å². The van der Waals surface area contributed by atoms with Crippen molar-refractivity contribution in [3.8, 4) is 0 Å². The van der Waals surface area contributed by atoms with Crippen LogP contribution < -0.4 is 5.32 Å². The number of sulfonamides is 1. The summed E-state index contributed by atoms with van der Waals surface area (Å²) in [5, 5.41) is 3.03. The van der Waals surface area contributed by atoms with Crippen molar-refractivity contribution < 1.29 is 13.2 Å². The van der Waals surface area contributed by atoms with Gasteiger partial charge in [0.25, 0.3) is 0 Å². The predicted octanol–water partition coefficient (Wildman–Crippen LogP) is 3.73. The predicted molar refractivity (Wildman–Crippen MR) is 109 cm³/mol. The van der Waals surface area contributed by atoms with Gasteiger partial charge in [0.1, 0.15) is 0 Å². The van der Waals surface area contributed by atoms with Crippen LogP contribution in [-0.4, -0.2) is 37.8 Å². The van der Waals surface area contributed by atoms with Crippen LogP contribution in [0.3, 0.4) is 0 Å². The number of carbonyl (C=O) groups is 1. The molecule has 1 heterocycles. The molecule has 1 fully saturated rings. The van der Waals surface area contributed by atoms with Gasteiger partial charge in [0.05, 0.1) is 11.3 Å². The molecule has 1 amide bonds. The fraction of sp³-hybridized carbons (Fsp3) is 0.667. The van der Waals surface area contributed by atoms with E-state index in [1.165, 1.54) is 6.42 Å². The average molecular weight is 395 g/mol. The number of nitrogens with zero attached hydrogens (tertiary/aromatic N) is 1. The molecule has 0 spiro atoms. The first-order valence-electron chi connectivity index (χ1n) is 10.2. The molecule has 1 aromatic carbocycles. The van der Waals surface area contributed by atoms with Crippen molar-refractivity contribution in [2.24, 2.45) is 5.92 Å². The molecule has 6 heteroatoms. The highest BCUT2D eigenvalue weighted by molar-refractivity contribution is 7.89. The van der Waals surface area contributed by atoms with E-state index in [9.17, 15) is 13.2 Å². The summed E-state index contributed by atoms with van der Waals surface area (Å²) < 4.78 is 26.9. The largest absolute Gasteiger partial charge is 0.353 e. The minimum absolute atomic E-state index is 0.0151. The Morgan fingerprint density at radius 2 is 1.67 bits per heavy atom. The summed E-state index contributed by atoms with van der Waals surface area (Å²) in [6.45, 7) is 7.64. The molecule has 0 radical (unpaired) electrons. The second-order valence-corrected chi connectivity index (χ2v) is 10.0. The maximum atomic E-state index is 12.7. The van der Waals surface area contributed by atoms with Gasteiger partial charge in [-0.15, -0.1) is 0 Å². The summed E-state index contributed by atoms with van der Waals surface area (Å²) in [7, 11) is -3.41. The summed E-state index contributed by atoms with van der Waals surface area (Å²) in [6, 6.07) is 6.91. The Balaban J connectivity index is 1.86. The zero-order valence-corrected chi connectivity index (χ0v) is 17.7. The monoisotopic (exact) mass is 394 g/mol. The van der Waals surface area contributed by atoms with E-state index in [0.29, 0.717) is 23.9 Å². The zero-order chi connectivity index (χ0) is 19.9. The molecule has 5 nitrogen and oxygen atoms in total. The Morgan fingerprint density at radius 3 is 2.26 bits per heavy atom. The lowest BCUT2D eigenvalue weighted by Crippen LogP contribution is -2.35. The number of piperidine rings is 1. The molecule has 0 bridgehead atoms. The Bertz CT molecular complexity index is 693. The highest BCUT2D eigenvalue weighted by Gasteiger charge is 2.25. The van der Waals surface area contributed by atoms with Crippen LogP contribution >= 0.6 is 0 Å². The smallest absolute Gasteiger partial charge is 0.243 e. The molecule has 1 unspecified atom stereocenters. The van der Waals surface area contributed by atoms with Gasteiger partial charge in [-0.3, -0.25) is 4.79 Å². The maximum absolute atomic E-state index is 12.7. The minimum Gasteiger partial charge on any atom is -0.353 e. The molecular formula is C21H34N2O3S. The van der Waals surface area contributed by atoms with Crippen molar-refractivity contribution in [2.45, 2.75) is 76.7 Å². The Morgan fingerprint density at radius 1 is 1.04 bits per heavy atom. The molecule has 1 saturated heterocycles. The van der Waals surface area contributed by atoms with Crippen LogP contribution in [0.2, 0.25) is 0 Å². The van der Waals surface area contributed by atoms with Gasteiger partial charge >= 0.3 is 0 Å². The maximum Gasteiger partial charge on any atom is 0.243 e. The summed E-state index contributed by atoms with van der Waals surface area (Å²) >= 11 is 0. The Hall–Kier alpha value is -1.40. The average Bonchev–Trinajstić information content (AvgIpc) is 2.62. The van der Waals surface area contributed by atoms with Gasteiger partial charge in [-0.1, -0.05) is 45.2 Å². The van der Waals surface area contributed by atoms with Gasteiger partial charge in [-0.25, -0.2) is 8.42 Å². The summed E-state index contributed by atoms with van der Waals surface area (Å²) in [4.78, 5) is 12.5. The molecule has 1 aliphatic rings. The first-order valence-corrected chi connectivity index (χ1v) is 11.6. The minimum atomic E-state index is -3.41. The van der Waals surface area contributed by atoms with E-state index < -0.39 is 10.0 Å². The third-order valence-electron chi connectivity index (χ3n) is 5.07. The fourth-order valence-electron chi connectivity index (χ4n) is 3.45. The van der Waals surface area contributed by atoms with Gasteiger partial charge in [-0.05, 0) is 49.8 Å². The molecule has 0 saturated carbocycles. The zero-order valence-electron chi connectivity index (χ0n) is 16.9. The normalized spacial score (nSPS) is 17.0. The lowest BCUT2D eigenvalue weighted by Gasteiger charge is -2.25. The van der Waals surface area contributed by atoms with Crippen LogP contribution in [0, 0.1) is 5.92 Å². The van der Waals surface area contributed by atoms with E-state index in [4.69, 9.17) is 0 Å². The van der Waals surface area contributed by atoms with Crippen molar-refractivity contribution in [3.05, 3.63) is 29.8 Å². The van der Waals surface area contributed by atoms with Crippen LogP contribution in [0.1, 0.15) is 64.9 Å². The molecule has 2 rings (SSSR count). The van der Waals surface area contributed by atoms with Gasteiger partial charge in [0.15, 0.2) is 0 Å². The molecule has 0 aromatic heterocycles. The SMILES string of the molecule is CC(C)CCCC(C)NC(=O)Cc1ccc(S(=O)(=O)N2CCCCC2)cc1. The first-order chi connectivity index (χ1) is 12.8. The van der Waals surface area contributed by atoms with Gasteiger partial charge in [0, 0.05) is 19.1 Å². The van der Waals surface area contributed by atoms with Crippen molar-refractivity contribution in [1.82, 2.24) is 9.62 Å². The molecule has 1 aromatic rings. The van der Waals surface area contributed by atoms with E-state index in [1.807, 2.05) is 6.92 Å². The van der Waals surface area contributed by atoms with Crippen LogP contribution in [0.4, 0.5) is 0 Å². The molecule has 0 aliphatic carbocycles. The van der Waals surface area contributed by atoms with Crippen molar-refractivity contribution in [2.75, 3.05) is 13.1 Å². The van der Waals surface area contributed by atoms with Gasteiger partial charge in [-0.2, -0.15) is 4.31 Å². The molecular weight excluding hydrogens is 360 g/mol. The number of hydrogen-bond acceptors (Lipinski definition) is 3. The van der Waals surface area contributed by atoms with Crippen LogP contribution in [0.25, 0.3) is 0 Å². The summed E-state index contributed by atoms with van der Waals surface area (Å²) in [5.74, 6) is 0.673. The number of carbonyl (C=O) groups excluding carboxylic acids is 1. The Labute approximate surface area is 164 Å². The van der Waals surface area contributed by atoms with E-state index in [2.05, 4.69) is 19.2 Å². The lowest BCUT2D eigenvalue weighted by atomic mass is 10.0. The third-order valence-corrected chi connectivity index (χ3v) is 6.98. The third kappa shape index (κ3) is 6.92. The van der Waals surface area contributed by atoms with Crippen molar-refractivity contribution in [3.63, 3.8) is 0 Å². The van der Waals surface area contributed by atoms with Crippen LogP contribution in [-0.2, 0) is 21.2 Å². The number of nitrogens with one attached hydrogen (secondary N) is 1. The van der Waals surface area contributed by atoms with E-state index in [0.717, 1.165) is 37.7 Å². The molecule has 1 aliphatic heterocycles. The van der Waals surface area contributed by atoms with E-state index in [1.54, 1.807) is 28.6 Å². The van der Waals surface area contributed by atoms with E-state index in [-0.39, 0.29) is 18.4 Å². The second-order valence-electron chi connectivity index (χ2n) is 8.08. The molecule has 152 valence electrons. The summed E-state index contributed by atoms with van der Waals surface area (Å²) in [5.41, 5.74) is 0.833. The summed E-state index contributed by atoms with van der Waals surface area (Å²) in [6.07, 6.45) is 6.49. The fourth-order valence-corrected chi connectivity index (χ4v) is 4.97. The topological polar surface area (TPSA) is 66.5 Å². The quantitative estimate of drug-likeness (QED) is 0.694. The number of benzene rings is 1.